The summed E-state index contributed by atoms with van der Waals surface area (Å²) < 4.78 is 5.64. The Morgan fingerprint density at radius 2 is 2.00 bits per heavy atom. The molecular weight excluding hydrogens is 352 g/mol. The number of carbonyl (C=O) groups is 2. The van der Waals surface area contributed by atoms with E-state index in [2.05, 4.69) is 26.2 Å². The first kappa shape index (κ1) is 16.0. The lowest BCUT2D eigenvalue weighted by Crippen LogP contribution is -2.34. The summed E-state index contributed by atoms with van der Waals surface area (Å²) in [6, 6.07) is 9.45. The Bertz CT molecular complexity index is 664. The number of carboxylic acids is 1. The van der Waals surface area contributed by atoms with Crippen LogP contribution in [0.5, 0.6) is 0 Å². The summed E-state index contributed by atoms with van der Waals surface area (Å²) >= 11 is 3.21. The lowest BCUT2D eigenvalue weighted by Gasteiger charge is -2.15. The number of nitrogens with zero attached hydrogens (tertiary/aromatic N) is 1. The van der Waals surface area contributed by atoms with E-state index in [-0.39, 0.29) is 6.61 Å². The number of amides is 1. The van der Waals surface area contributed by atoms with Crippen LogP contribution in [0.1, 0.15) is 17.2 Å². The topological polar surface area (TPSA) is 88.5 Å². The number of ether oxygens (including phenoxy) is 1. The molecule has 2 aromatic rings. The third-order valence-corrected chi connectivity index (χ3v) is 3.21. The summed E-state index contributed by atoms with van der Waals surface area (Å²) in [6.07, 6.45) is 2.09. The number of benzene rings is 1. The molecule has 1 heterocycles. The van der Waals surface area contributed by atoms with E-state index in [0.29, 0.717) is 10.0 Å². The lowest BCUT2D eigenvalue weighted by atomic mass is 10.1. The van der Waals surface area contributed by atoms with Gasteiger partial charge in [0.1, 0.15) is 6.61 Å². The predicted octanol–water partition coefficient (Wildman–Crippen LogP) is 2.90. The molecule has 7 heteroatoms. The number of carboxylic acid groups (broad SMARTS) is 1. The predicted molar refractivity (Wildman–Crippen MR) is 82.1 cm³/mol. The Morgan fingerprint density at radius 3 is 2.64 bits per heavy atom. The third-order valence-electron chi connectivity index (χ3n) is 2.78. The molecule has 22 heavy (non-hydrogen) atoms. The van der Waals surface area contributed by atoms with Crippen molar-refractivity contribution in [1.29, 1.82) is 0 Å². The van der Waals surface area contributed by atoms with Gasteiger partial charge in [0.2, 0.25) is 0 Å². The van der Waals surface area contributed by atoms with Crippen LogP contribution in [0.4, 0.5) is 4.79 Å². The summed E-state index contributed by atoms with van der Waals surface area (Å²) in [5.74, 6) is -1.20. The van der Waals surface area contributed by atoms with Gasteiger partial charge in [0.25, 0.3) is 0 Å². The first-order chi connectivity index (χ1) is 10.6. The van der Waals surface area contributed by atoms with Gasteiger partial charge in [-0.25, -0.2) is 9.59 Å². The molecule has 1 atom stereocenters. The van der Waals surface area contributed by atoms with Gasteiger partial charge in [0, 0.05) is 22.4 Å². The van der Waals surface area contributed by atoms with Crippen LogP contribution >= 0.6 is 15.9 Å². The zero-order chi connectivity index (χ0) is 15.9. The van der Waals surface area contributed by atoms with Gasteiger partial charge < -0.3 is 15.2 Å². The van der Waals surface area contributed by atoms with Crippen LogP contribution in [0.3, 0.4) is 0 Å². The molecule has 114 valence electrons. The summed E-state index contributed by atoms with van der Waals surface area (Å²) in [5, 5.41) is 11.5. The maximum Gasteiger partial charge on any atom is 0.408 e. The van der Waals surface area contributed by atoms with Crippen molar-refractivity contribution in [3.05, 3.63) is 64.4 Å². The molecule has 0 radical (unpaired) electrons. The molecule has 0 spiro atoms. The number of aromatic nitrogens is 1. The van der Waals surface area contributed by atoms with Crippen LogP contribution in [0.15, 0.2) is 53.3 Å². The zero-order valence-corrected chi connectivity index (χ0v) is 13.0. The molecule has 0 bridgehead atoms. The van der Waals surface area contributed by atoms with Crippen LogP contribution in [-0.4, -0.2) is 22.2 Å². The zero-order valence-electron chi connectivity index (χ0n) is 11.4. The van der Waals surface area contributed by atoms with Crippen molar-refractivity contribution in [3.8, 4) is 0 Å². The number of pyridine rings is 1. The molecule has 0 saturated heterocycles. The van der Waals surface area contributed by atoms with E-state index in [4.69, 9.17) is 4.74 Å². The minimum absolute atomic E-state index is 0.0652. The van der Waals surface area contributed by atoms with Crippen LogP contribution < -0.4 is 5.32 Å². The molecule has 6 nitrogen and oxygen atoms in total. The van der Waals surface area contributed by atoms with Crippen molar-refractivity contribution in [1.82, 2.24) is 10.3 Å². The van der Waals surface area contributed by atoms with Gasteiger partial charge in [0.15, 0.2) is 6.04 Å². The fraction of sp³-hybridized carbons (Fsp3) is 0.133. The molecule has 2 N–H and O–H groups in total. The van der Waals surface area contributed by atoms with E-state index >= 15 is 0 Å². The van der Waals surface area contributed by atoms with Gasteiger partial charge in [0.05, 0.1) is 0 Å². The number of aliphatic carboxylic acids is 1. The second-order valence-electron chi connectivity index (χ2n) is 4.41. The SMILES string of the molecule is O=C(NC(C(=O)O)c1cncc(Br)c1)OCc1ccccc1. The minimum Gasteiger partial charge on any atom is -0.479 e. The van der Waals surface area contributed by atoms with E-state index in [1.165, 1.54) is 12.4 Å². The van der Waals surface area contributed by atoms with Crippen LogP contribution in [0.2, 0.25) is 0 Å². The summed E-state index contributed by atoms with van der Waals surface area (Å²) in [7, 11) is 0. The van der Waals surface area contributed by atoms with Crippen molar-refractivity contribution in [2.45, 2.75) is 12.6 Å². The Balaban J connectivity index is 1.99. The van der Waals surface area contributed by atoms with E-state index < -0.39 is 18.1 Å². The molecule has 0 aliphatic carbocycles. The van der Waals surface area contributed by atoms with E-state index in [0.717, 1.165) is 5.56 Å². The van der Waals surface area contributed by atoms with E-state index in [1.54, 1.807) is 18.2 Å². The highest BCUT2D eigenvalue weighted by atomic mass is 79.9. The molecule has 1 aromatic heterocycles. The quantitative estimate of drug-likeness (QED) is 0.851. The maximum absolute atomic E-state index is 11.8. The van der Waals surface area contributed by atoms with Crippen molar-refractivity contribution >= 4 is 28.0 Å². The fourth-order valence-electron chi connectivity index (χ4n) is 1.76. The Hall–Kier alpha value is -2.41. The minimum atomic E-state index is -1.23. The molecule has 0 fully saturated rings. The molecular formula is C15H13BrN2O4. The first-order valence-corrected chi connectivity index (χ1v) is 7.16. The molecule has 0 aliphatic heterocycles. The Morgan fingerprint density at radius 1 is 1.27 bits per heavy atom. The standard InChI is InChI=1S/C15H13BrN2O4/c16-12-6-11(7-17-8-12)13(14(19)20)18-15(21)22-9-10-4-2-1-3-5-10/h1-8,13H,9H2,(H,18,21)(H,19,20). The lowest BCUT2D eigenvalue weighted by molar-refractivity contribution is -0.139. The van der Waals surface area contributed by atoms with Crippen LogP contribution in [0, 0.1) is 0 Å². The number of alkyl carbamates (subject to hydrolysis) is 1. The van der Waals surface area contributed by atoms with E-state index in [1.807, 2.05) is 18.2 Å². The second-order valence-corrected chi connectivity index (χ2v) is 5.33. The van der Waals surface area contributed by atoms with Crippen molar-refractivity contribution < 1.29 is 19.4 Å². The summed E-state index contributed by atoms with van der Waals surface area (Å²) in [6.45, 7) is 0.0652. The average molecular weight is 365 g/mol. The third kappa shape index (κ3) is 4.56. The number of hydrogen-bond acceptors (Lipinski definition) is 4. The normalized spacial score (nSPS) is 11.5. The largest absolute Gasteiger partial charge is 0.479 e. The highest BCUT2D eigenvalue weighted by molar-refractivity contribution is 9.10. The summed E-state index contributed by atoms with van der Waals surface area (Å²) in [5.41, 5.74) is 1.16. The number of hydrogen-bond donors (Lipinski definition) is 2. The molecule has 2 rings (SSSR count). The van der Waals surface area contributed by atoms with Gasteiger partial charge in [-0.3, -0.25) is 4.98 Å². The van der Waals surface area contributed by atoms with Crippen molar-refractivity contribution in [3.63, 3.8) is 0 Å². The average Bonchev–Trinajstić information content (AvgIpc) is 2.51. The van der Waals surface area contributed by atoms with Gasteiger partial charge in [-0.15, -0.1) is 0 Å². The molecule has 0 aliphatic rings. The van der Waals surface area contributed by atoms with Crippen LogP contribution in [0.25, 0.3) is 0 Å². The second kappa shape index (κ2) is 7.56. The molecule has 1 aromatic carbocycles. The van der Waals surface area contributed by atoms with Crippen molar-refractivity contribution in [2.24, 2.45) is 0 Å². The number of halogens is 1. The van der Waals surface area contributed by atoms with Gasteiger partial charge in [-0.1, -0.05) is 30.3 Å². The van der Waals surface area contributed by atoms with Crippen molar-refractivity contribution in [2.75, 3.05) is 0 Å². The number of nitrogens with one attached hydrogen (secondary N) is 1. The van der Waals surface area contributed by atoms with Gasteiger partial charge in [-0.2, -0.15) is 0 Å². The highest BCUT2D eigenvalue weighted by Crippen LogP contribution is 2.17. The molecule has 1 amide bonds. The fourth-order valence-corrected chi connectivity index (χ4v) is 2.14. The molecule has 0 saturated carbocycles. The van der Waals surface area contributed by atoms with E-state index in [9.17, 15) is 14.7 Å². The number of rotatable bonds is 5. The highest BCUT2D eigenvalue weighted by Gasteiger charge is 2.23. The Kier molecular flexibility index (Phi) is 5.48. The molecule has 1 unspecified atom stereocenters. The monoisotopic (exact) mass is 364 g/mol. The summed E-state index contributed by atoms with van der Waals surface area (Å²) in [4.78, 5) is 27.0. The first-order valence-electron chi connectivity index (χ1n) is 6.36. The van der Waals surface area contributed by atoms with Crippen LogP contribution in [-0.2, 0) is 16.1 Å². The smallest absolute Gasteiger partial charge is 0.408 e. The van der Waals surface area contributed by atoms with Gasteiger partial charge in [-0.05, 0) is 27.6 Å². The number of carbonyl (C=O) groups excluding carboxylic acids is 1. The Labute approximate surface area is 135 Å². The van der Waals surface area contributed by atoms with Gasteiger partial charge >= 0.3 is 12.1 Å². The maximum atomic E-state index is 11.8.